The second-order valence-corrected chi connectivity index (χ2v) is 8.90. The highest BCUT2D eigenvalue weighted by Crippen LogP contribution is 2.36. The lowest BCUT2D eigenvalue weighted by molar-refractivity contribution is 0.254. The quantitative estimate of drug-likeness (QED) is 0.300. The van der Waals surface area contributed by atoms with Crippen molar-refractivity contribution in [2.75, 3.05) is 44.4 Å². The molecule has 1 saturated heterocycles. The van der Waals surface area contributed by atoms with E-state index in [2.05, 4.69) is 25.2 Å². The van der Waals surface area contributed by atoms with Gasteiger partial charge in [-0.05, 0) is 56.6 Å². The van der Waals surface area contributed by atoms with Gasteiger partial charge in [0.15, 0.2) is 16.6 Å². The van der Waals surface area contributed by atoms with Crippen LogP contribution in [0.3, 0.4) is 0 Å². The Bertz CT molecular complexity index is 1240. The van der Waals surface area contributed by atoms with Crippen molar-refractivity contribution in [3.63, 3.8) is 0 Å². The van der Waals surface area contributed by atoms with Crippen molar-refractivity contribution in [2.24, 2.45) is 0 Å². The van der Waals surface area contributed by atoms with Gasteiger partial charge in [-0.2, -0.15) is 0 Å². The molecule has 0 bridgehead atoms. The number of nitrogens with zero attached hydrogens (tertiary/aromatic N) is 4. The largest absolute Gasteiger partial charge is 0.493 e. The van der Waals surface area contributed by atoms with Crippen LogP contribution in [0.1, 0.15) is 19.3 Å². The predicted octanol–water partition coefficient (Wildman–Crippen LogP) is 4.44. The molecule has 32 heavy (non-hydrogen) atoms. The number of fused-ring (bicyclic) bond motifs is 2. The summed E-state index contributed by atoms with van der Waals surface area (Å²) < 4.78 is 12.7. The summed E-state index contributed by atoms with van der Waals surface area (Å²) >= 11 is 1.53. The number of ether oxygens (including phenoxy) is 2. The van der Waals surface area contributed by atoms with Crippen molar-refractivity contribution in [2.45, 2.75) is 19.3 Å². The molecule has 1 aliphatic rings. The summed E-state index contributed by atoms with van der Waals surface area (Å²) in [5.74, 6) is 2.02. The zero-order valence-electron chi connectivity index (χ0n) is 18.0. The minimum absolute atomic E-state index is 0.642. The minimum atomic E-state index is 0.642. The SMILES string of the molecule is COc1cc2c(Nc3nc4ccc(N)cc4s3)ncnc2cc1OCCCN1CCCC1. The van der Waals surface area contributed by atoms with Crippen LogP contribution in [0.25, 0.3) is 21.1 Å². The highest BCUT2D eigenvalue weighted by molar-refractivity contribution is 7.22. The summed E-state index contributed by atoms with van der Waals surface area (Å²) in [7, 11) is 1.65. The molecule has 0 aliphatic carbocycles. The van der Waals surface area contributed by atoms with Crippen LogP contribution in [0.5, 0.6) is 11.5 Å². The fourth-order valence-corrected chi connectivity index (χ4v) is 4.92. The molecule has 0 saturated carbocycles. The van der Waals surface area contributed by atoms with Gasteiger partial charge in [-0.25, -0.2) is 15.0 Å². The number of aromatic nitrogens is 3. The van der Waals surface area contributed by atoms with Crippen molar-refractivity contribution < 1.29 is 9.47 Å². The highest BCUT2D eigenvalue weighted by atomic mass is 32.1. The van der Waals surface area contributed by atoms with Crippen molar-refractivity contribution in [3.8, 4) is 11.5 Å². The number of hydrogen-bond acceptors (Lipinski definition) is 9. The van der Waals surface area contributed by atoms with E-state index in [-0.39, 0.29) is 0 Å². The summed E-state index contributed by atoms with van der Waals surface area (Å²) in [4.78, 5) is 16.0. The van der Waals surface area contributed by atoms with E-state index >= 15 is 0 Å². The Morgan fingerprint density at radius 1 is 1.09 bits per heavy atom. The van der Waals surface area contributed by atoms with Crippen LogP contribution in [-0.2, 0) is 0 Å². The van der Waals surface area contributed by atoms with Gasteiger partial charge in [0.2, 0.25) is 0 Å². The van der Waals surface area contributed by atoms with Crippen LogP contribution in [0.2, 0.25) is 0 Å². The van der Waals surface area contributed by atoms with Crippen molar-refractivity contribution >= 4 is 49.1 Å². The van der Waals surface area contributed by atoms with Gasteiger partial charge < -0.3 is 25.4 Å². The fourth-order valence-electron chi connectivity index (χ4n) is 4.01. The lowest BCUT2D eigenvalue weighted by Gasteiger charge is -2.16. The van der Waals surface area contributed by atoms with E-state index in [1.165, 1.54) is 37.3 Å². The molecule has 2 aromatic carbocycles. The minimum Gasteiger partial charge on any atom is -0.493 e. The zero-order chi connectivity index (χ0) is 21.9. The van der Waals surface area contributed by atoms with Crippen molar-refractivity contribution in [1.29, 1.82) is 0 Å². The van der Waals surface area contributed by atoms with Crippen molar-refractivity contribution in [3.05, 3.63) is 36.7 Å². The third-order valence-electron chi connectivity index (χ3n) is 5.63. The number of thiazole rings is 1. The number of methoxy groups -OCH3 is 1. The van der Waals surface area contributed by atoms with Crippen LogP contribution in [0, 0.1) is 0 Å². The molecule has 0 amide bonds. The molecular weight excluding hydrogens is 424 g/mol. The first-order chi connectivity index (χ1) is 15.7. The molecular formula is C23H26N6O2S. The molecule has 0 atom stereocenters. The van der Waals surface area contributed by atoms with E-state index in [0.717, 1.165) is 44.9 Å². The lowest BCUT2D eigenvalue weighted by Crippen LogP contribution is -2.21. The molecule has 4 aromatic rings. The number of rotatable bonds is 8. The van der Waals surface area contributed by atoms with Crippen LogP contribution in [0.4, 0.5) is 16.6 Å². The molecule has 5 rings (SSSR count). The maximum Gasteiger partial charge on any atom is 0.189 e. The van der Waals surface area contributed by atoms with Crippen LogP contribution in [0.15, 0.2) is 36.7 Å². The number of hydrogen-bond donors (Lipinski definition) is 2. The Labute approximate surface area is 190 Å². The van der Waals surface area contributed by atoms with Gasteiger partial charge in [0.25, 0.3) is 0 Å². The third kappa shape index (κ3) is 4.39. The fraction of sp³-hybridized carbons (Fsp3) is 0.348. The first-order valence-corrected chi connectivity index (χ1v) is 11.6. The zero-order valence-corrected chi connectivity index (χ0v) is 18.8. The molecule has 0 unspecified atom stereocenters. The highest BCUT2D eigenvalue weighted by Gasteiger charge is 2.14. The normalized spacial score (nSPS) is 14.3. The lowest BCUT2D eigenvalue weighted by atomic mass is 10.2. The average molecular weight is 451 g/mol. The smallest absolute Gasteiger partial charge is 0.189 e. The maximum absolute atomic E-state index is 6.05. The van der Waals surface area contributed by atoms with Crippen molar-refractivity contribution in [1.82, 2.24) is 19.9 Å². The first kappa shape index (κ1) is 20.7. The summed E-state index contributed by atoms with van der Waals surface area (Å²) in [5, 5.41) is 4.91. The molecule has 2 aromatic heterocycles. The number of anilines is 3. The van der Waals surface area contributed by atoms with Crippen LogP contribution >= 0.6 is 11.3 Å². The molecule has 0 spiro atoms. The summed E-state index contributed by atoms with van der Waals surface area (Å²) in [5.41, 5.74) is 8.29. The molecule has 9 heteroatoms. The molecule has 3 heterocycles. The summed E-state index contributed by atoms with van der Waals surface area (Å²) in [6.45, 7) is 4.12. The number of likely N-dealkylation sites (tertiary alicyclic amines) is 1. The third-order valence-corrected chi connectivity index (χ3v) is 6.57. The number of nitrogen functional groups attached to an aromatic ring is 1. The maximum atomic E-state index is 6.05. The molecule has 1 fully saturated rings. The molecule has 0 radical (unpaired) electrons. The summed E-state index contributed by atoms with van der Waals surface area (Å²) in [6, 6.07) is 9.52. The van der Waals surface area contributed by atoms with E-state index in [4.69, 9.17) is 15.2 Å². The Kier molecular flexibility index (Phi) is 5.91. The van der Waals surface area contributed by atoms with Gasteiger partial charge in [0, 0.05) is 23.7 Å². The van der Waals surface area contributed by atoms with E-state index in [9.17, 15) is 0 Å². The first-order valence-electron chi connectivity index (χ1n) is 10.8. The van der Waals surface area contributed by atoms with Gasteiger partial charge in [0.05, 0.1) is 29.5 Å². The van der Waals surface area contributed by atoms with Gasteiger partial charge in [-0.15, -0.1) is 0 Å². The summed E-state index contributed by atoms with van der Waals surface area (Å²) in [6.07, 6.45) is 5.14. The number of nitrogens with one attached hydrogen (secondary N) is 1. The van der Waals surface area contributed by atoms with E-state index in [1.807, 2.05) is 30.3 Å². The Hall–Kier alpha value is -3.17. The van der Waals surface area contributed by atoms with E-state index in [0.29, 0.717) is 23.9 Å². The number of benzene rings is 2. The second kappa shape index (κ2) is 9.13. The van der Waals surface area contributed by atoms with Gasteiger partial charge in [-0.3, -0.25) is 0 Å². The number of nitrogens with two attached hydrogens (primary N) is 1. The topological polar surface area (TPSA) is 98.4 Å². The second-order valence-electron chi connectivity index (χ2n) is 7.86. The predicted molar refractivity (Wildman–Crippen MR) is 129 cm³/mol. The van der Waals surface area contributed by atoms with Gasteiger partial charge >= 0.3 is 0 Å². The Balaban J connectivity index is 1.35. The van der Waals surface area contributed by atoms with Crippen LogP contribution in [-0.4, -0.2) is 53.2 Å². The molecule has 8 nitrogen and oxygen atoms in total. The average Bonchev–Trinajstić information content (AvgIpc) is 3.45. The molecule has 3 N–H and O–H groups in total. The van der Waals surface area contributed by atoms with E-state index in [1.54, 1.807) is 13.4 Å². The molecule has 166 valence electrons. The van der Waals surface area contributed by atoms with Gasteiger partial charge in [0.1, 0.15) is 12.1 Å². The van der Waals surface area contributed by atoms with Crippen LogP contribution < -0.4 is 20.5 Å². The Morgan fingerprint density at radius 3 is 2.81 bits per heavy atom. The van der Waals surface area contributed by atoms with Gasteiger partial charge in [-0.1, -0.05) is 11.3 Å². The van der Waals surface area contributed by atoms with E-state index < -0.39 is 0 Å². The standard InChI is InChI=1S/C23H26N6O2S/c1-30-19-12-16-18(13-20(19)31-10-4-9-29-7-2-3-8-29)25-14-26-22(16)28-23-27-17-6-5-15(24)11-21(17)32-23/h5-6,11-14H,2-4,7-10,24H2,1H3,(H,25,26,27,28). The molecule has 1 aliphatic heterocycles. The monoisotopic (exact) mass is 450 g/mol. The Morgan fingerprint density at radius 2 is 1.97 bits per heavy atom.